The van der Waals surface area contributed by atoms with Crippen LogP contribution in [0.5, 0.6) is 0 Å². The normalized spacial score (nSPS) is 30.0. The van der Waals surface area contributed by atoms with Gasteiger partial charge < -0.3 is 10.4 Å². The van der Waals surface area contributed by atoms with Gasteiger partial charge in [-0.3, -0.25) is 9.89 Å². The third kappa shape index (κ3) is 2.47. The maximum absolute atomic E-state index is 14.7. The molecule has 4 heterocycles. The zero-order chi connectivity index (χ0) is 22.5. The summed E-state index contributed by atoms with van der Waals surface area (Å²) in [5.41, 5.74) is 0.609. The fourth-order valence-corrected chi connectivity index (χ4v) is 6.69. The zero-order valence-electron chi connectivity index (χ0n) is 17.3. The smallest absolute Gasteiger partial charge is 0.309 e. The Labute approximate surface area is 185 Å². The number of rotatable bonds is 4. The molecule has 3 bridgehead atoms. The summed E-state index contributed by atoms with van der Waals surface area (Å²) in [6.07, 6.45) is 6.33. The molecule has 4 aromatic rings. The topological polar surface area (TPSA) is 121 Å². The number of aliphatic carboxylic acids is 1. The monoisotopic (exact) mass is 451 g/mol. The van der Waals surface area contributed by atoms with Crippen molar-refractivity contribution in [2.24, 2.45) is 23.2 Å². The van der Waals surface area contributed by atoms with Crippen molar-refractivity contribution >= 4 is 28.3 Å². The molecule has 0 saturated heterocycles. The van der Waals surface area contributed by atoms with Gasteiger partial charge in [0.15, 0.2) is 17.3 Å². The average Bonchev–Trinajstić information content (AvgIpc) is 3.36. The van der Waals surface area contributed by atoms with Gasteiger partial charge in [0.1, 0.15) is 17.0 Å². The SMILES string of the molecule is O=C(O)[C@@H]1[C@@H](Nc2nc(-c3[nH]nc4ncc(F)cc34)nn3ccc(F)c23)[C@@H]2CCC13CC2C3. The Morgan fingerprint density at radius 3 is 2.94 bits per heavy atom. The molecule has 3 N–H and O–H groups in total. The third-order valence-corrected chi connectivity index (χ3v) is 8.03. The molecule has 6 aliphatic carbocycles. The summed E-state index contributed by atoms with van der Waals surface area (Å²) in [6, 6.07) is 2.22. The Balaban J connectivity index is 1.37. The summed E-state index contributed by atoms with van der Waals surface area (Å²) >= 11 is 0. The van der Waals surface area contributed by atoms with Crippen molar-refractivity contribution in [1.82, 2.24) is 29.8 Å². The molecule has 0 amide bonds. The number of carboxylic acid groups (broad SMARTS) is 1. The predicted molar refractivity (Wildman–Crippen MR) is 112 cm³/mol. The van der Waals surface area contributed by atoms with Gasteiger partial charge in [-0.05, 0) is 55.1 Å². The Morgan fingerprint density at radius 2 is 2.18 bits per heavy atom. The molecule has 168 valence electrons. The minimum absolute atomic E-state index is 0.142. The minimum atomic E-state index is -0.822. The van der Waals surface area contributed by atoms with Crippen LogP contribution in [0.15, 0.2) is 24.5 Å². The molecule has 1 spiro atoms. The van der Waals surface area contributed by atoms with Crippen LogP contribution in [-0.2, 0) is 4.79 Å². The van der Waals surface area contributed by atoms with Crippen LogP contribution in [0.25, 0.3) is 28.1 Å². The average molecular weight is 451 g/mol. The lowest BCUT2D eigenvalue weighted by Gasteiger charge is -2.67. The van der Waals surface area contributed by atoms with E-state index in [1.807, 2.05) is 0 Å². The molecule has 0 aromatic carbocycles. The van der Waals surface area contributed by atoms with Crippen molar-refractivity contribution in [2.45, 2.75) is 31.7 Å². The van der Waals surface area contributed by atoms with Crippen LogP contribution in [0, 0.1) is 34.8 Å². The molecule has 10 rings (SSSR count). The molecule has 3 atom stereocenters. The van der Waals surface area contributed by atoms with E-state index in [1.165, 1.54) is 22.8 Å². The number of carbonyl (C=O) groups is 1. The number of fused-ring (bicyclic) bond motifs is 2. The first-order chi connectivity index (χ1) is 15.9. The molecule has 0 aliphatic heterocycles. The van der Waals surface area contributed by atoms with Crippen LogP contribution in [0.4, 0.5) is 14.6 Å². The van der Waals surface area contributed by atoms with Gasteiger partial charge >= 0.3 is 5.97 Å². The molecular formula is C22H19F2N7O2. The molecular weight excluding hydrogens is 432 g/mol. The van der Waals surface area contributed by atoms with Crippen molar-refractivity contribution in [3.05, 3.63) is 36.2 Å². The van der Waals surface area contributed by atoms with Crippen LogP contribution in [0.3, 0.4) is 0 Å². The van der Waals surface area contributed by atoms with E-state index in [-0.39, 0.29) is 34.5 Å². The van der Waals surface area contributed by atoms with E-state index in [4.69, 9.17) is 0 Å². The highest BCUT2D eigenvalue weighted by Gasteiger charge is 2.67. The summed E-state index contributed by atoms with van der Waals surface area (Å²) in [6.45, 7) is 0. The van der Waals surface area contributed by atoms with Crippen LogP contribution in [0.1, 0.15) is 25.7 Å². The highest BCUT2D eigenvalue weighted by Crippen LogP contribution is 2.69. The number of pyridine rings is 1. The van der Waals surface area contributed by atoms with Crippen molar-refractivity contribution < 1.29 is 18.7 Å². The van der Waals surface area contributed by atoms with Gasteiger partial charge in [-0.2, -0.15) is 5.10 Å². The van der Waals surface area contributed by atoms with E-state index >= 15 is 0 Å². The first-order valence-electron chi connectivity index (χ1n) is 11.0. The Bertz CT molecular complexity index is 1450. The predicted octanol–water partition coefficient (Wildman–Crippen LogP) is 3.25. The van der Waals surface area contributed by atoms with Crippen LogP contribution in [-0.4, -0.2) is 46.9 Å². The molecule has 11 heteroatoms. The van der Waals surface area contributed by atoms with Gasteiger partial charge in [0.25, 0.3) is 0 Å². The number of anilines is 1. The molecule has 6 aliphatic rings. The second kappa shape index (κ2) is 6.24. The van der Waals surface area contributed by atoms with Gasteiger partial charge in [-0.15, -0.1) is 5.10 Å². The Hall–Kier alpha value is -3.63. The molecule has 0 unspecified atom stereocenters. The third-order valence-electron chi connectivity index (χ3n) is 8.03. The number of hydrogen-bond acceptors (Lipinski definition) is 6. The van der Waals surface area contributed by atoms with Gasteiger partial charge in [0.2, 0.25) is 5.82 Å². The van der Waals surface area contributed by atoms with Crippen LogP contribution < -0.4 is 5.32 Å². The Morgan fingerprint density at radius 1 is 1.33 bits per heavy atom. The van der Waals surface area contributed by atoms with Crippen LogP contribution in [0.2, 0.25) is 0 Å². The highest BCUT2D eigenvalue weighted by molar-refractivity contribution is 5.89. The minimum Gasteiger partial charge on any atom is -0.481 e. The first-order valence-corrected chi connectivity index (χ1v) is 11.0. The molecule has 6 saturated carbocycles. The first kappa shape index (κ1) is 18.9. The maximum atomic E-state index is 14.7. The summed E-state index contributed by atoms with van der Waals surface area (Å²) in [4.78, 5) is 20.8. The van der Waals surface area contributed by atoms with Gasteiger partial charge in [-0.1, -0.05) is 0 Å². The number of carboxylic acids is 1. The molecule has 9 nitrogen and oxygen atoms in total. The number of aromatic nitrogens is 6. The van der Waals surface area contributed by atoms with Crippen molar-refractivity contribution in [1.29, 1.82) is 0 Å². The highest BCUT2D eigenvalue weighted by atomic mass is 19.1. The van der Waals surface area contributed by atoms with Crippen molar-refractivity contribution in [3.63, 3.8) is 0 Å². The lowest BCUT2D eigenvalue weighted by Crippen LogP contribution is -2.67. The second-order valence-corrected chi connectivity index (χ2v) is 9.58. The van der Waals surface area contributed by atoms with E-state index in [0.29, 0.717) is 22.6 Å². The molecule has 0 radical (unpaired) electrons. The zero-order valence-corrected chi connectivity index (χ0v) is 17.3. The van der Waals surface area contributed by atoms with E-state index in [1.54, 1.807) is 0 Å². The van der Waals surface area contributed by atoms with E-state index in [9.17, 15) is 18.7 Å². The maximum Gasteiger partial charge on any atom is 0.309 e. The van der Waals surface area contributed by atoms with E-state index in [0.717, 1.165) is 31.9 Å². The molecule has 6 fully saturated rings. The summed E-state index contributed by atoms with van der Waals surface area (Å²) < 4.78 is 29.9. The largest absolute Gasteiger partial charge is 0.481 e. The molecule has 33 heavy (non-hydrogen) atoms. The number of H-pyrrole nitrogens is 1. The van der Waals surface area contributed by atoms with Crippen molar-refractivity contribution in [3.8, 4) is 11.5 Å². The standard InChI is InChI=1S/C22H19F2N7O2/c23-10-5-12-16(28-29-18(12)25-8-10)19-27-20(17-13(24)2-4-31(17)30-19)26-15-11-1-3-22(6-9(11)7-22)14(15)21(32)33/h2,4-5,8-9,11,14-15H,1,3,6-7H2,(H,32,33)(H,25,28,29)(H,26,27,30)/t9?,11-,14+,15+,22?/m1/s1. The quantitative estimate of drug-likeness (QED) is 0.436. The van der Waals surface area contributed by atoms with Gasteiger partial charge in [-0.25, -0.2) is 23.3 Å². The lowest BCUT2D eigenvalue weighted by molar-refractivity contribution is -0.189. The number of nitrogens with one attached hydrogen (secondary N) is 2. The van der Waals surface area contributed by atoms with E-state index in [2.05, 4.69) is 30.6 Å². The summed E-state index contributed by atoms with van der Waals surface area (Å²) in [5, 5.41) is 25.0. The van der Waals surface area contributed by atoms with Crippen LogP contribution >= 0.6 is 0 Å². The lowest BCUT2D eigenvalue weighted by atomic mass is 9.38. The number of nitrogens with zero attached hydrogens (tertiary/aromatic N) is 5. The second-order valence-electron chi connectivity index (χ2n) is 9.58. The number of aromatic amines is 1. The molecule has 4 aromatic heterocycles. The number of halogens is 2. The van der Waals surface area contributed by atoms with Gasteiger partial charge in [0, 0.05) is 12.2 Å². The summed E-state index contributed by atoms with van der Waals surface area (Å²) in [5.74, 6) is -1.33. The van der Waals surface area contributed by atoms with E-state index < -0.39 is 23.5 Å². The number of hydrogen-bond donors (Lipinski definition) is 3. The van der Waals surface area contributed by atoms with Crippen molar-refractivity contribution in [2.75, 3.05) is 5.32 Å². The van der Waals surface area contributed by atoms with Gasteiger partial charge in [0.05, 0.1) is 17.5 Å². The summed E-state index contributed by atoms with van der Waals surface area (Å²) in [7, 11) is 0. The fourth-order valence-electron chi connectivity index (χ4n) is 6.69. The Kier molecular flexibility index (Phi) is 3.57. The fraction of sp³-hybridized carbons (Fsp3) is 0.409.